The minimum atomic E-state index is -0.306. The van der Waals surface area contributed by atoms with Gasteiger partial charge in [0.15, 0.2) is 11.5 Å². The van der Waals surface area contributed by atoms with Crippen molar-refractivity contribution in [3.05, 3.63) is 18.2 Å². The predicted molar refractivity (Wildman–Crippen MR) is 85.5 cm³/mol. The highest BCUT2D eigenvalue weighted by molar-refractivity contribution is 5.85. The Labute approximate surface area is 141 Å². The van der Waals surface area contributed by atoms with Crippen molar-refractivity contribution in [3.8, 4) is 17.2 Å². The Bertz CT molecular complexity index is 543. The van der Waals surface area contributed by atoms with Crippen molar-refractivity contribution in [1.82, 2.24) is 10.6 Å². The normalized spacial score (nSPS) is 22.1. The highest BCUT2D eigenvalue weighted by Gasteiger charge is 2.27. The first-order valence-corrected chi connectivity index (χ1v) is 7.39. The number of nitrogens with one attached hydrogen (secondary N) is 2. The smallest absolute Gasteiger partial charge is 0.239 e. The van der Waals surface area contributed by atoms with Crippen LogP contribution < -0.4 is 24.8 Å². The molecule has 128 valence electrons. The first-order valence-electron chi connectivity index (χ1n) is 7.39. The van der Waals surface area contributed by atoms with Crippen LogP contribution in [0, 0.1) is 0 Å². The highest BCUT2D eigenvalue weighted by Crippen LogP contribution is 2.34. The van der Waals surface area contributed by atoms with Crippen LogP contribution in [0.4, 0.5) is 0 Å². The van der Waals surface area contributed by atoms with E-state index < -0.39 is 0 Å². The molecular formula is C15H21ClN2O5. The summed E-state index contributed by atoms with van der Waals surface area (Å²) in [6.07, 6.45) is -0.122. The fourth-order valence-electron chi connectivity index (χ4n) is 2.45. The van der Waals surface area contributed by atoms with Gasteiger partial charge >= 0.3 is 0 Å². The Balaban J connectivity index is 0.00000192. The summed E-state index contributed by atoms with van der Waals surface area (Å²) in [5.41, 5.74) is 0. The summed E-state index contributed by atoms with van der Waals surface area (Å²) < 4.78 is 21.6. The van der Waals surface area contributed by atoms with Crippen LogP contribution in [0.1, 0.15) is 6.92 Å². The molecule has 1 amide bonds. The van der Waals surface area contributed by atoms with Crippen LogP contribution in [0.5, 0.6) is 17.2 Å². The Morgan fingerprint density at radius 3 is 3.04 bits per heavy atom. The SMILES string of the molecule is C[C@H]1OCCN[C@@H]1C(=O)NCCOc1ccc2c(c1)OCO2.Cl. The number of ether oxygens (including phenoxy) is 4. The Morgan fingerprint density at radius 2 is 2.22 bits per heavy atom. The van der Waals surface area contributed by atoms with E-state index in [1.807, 2.05) is 13.0 Å². The number of rotatable bonds is 5. The molecule has 1 saturated heterocycles. The summed E-state index contributed by atoms with van der Waals surface area (Å²) in [6.45, 7) is 4.27. The molecule has 1 aromatic rings. The van der Waals surface area contributed by atoms with E-state index in [-0.39, 0.29) is 37.3 Å². The second-order valence-electron chi connectivity index (χ2n) is 5.16. The van der Waals surface area contributed by atoms with Gasteiger partial charge in [0, 0.05) is 12.6 Å². The molecule has 0 unspecified atom stereocenters. The highest BCUT2D eigenvalue weighted by atomic mass is 35.5. The van der Waals surface area contributed by atoms with Crippen molar-refractivity contribution in [1.29, 1.82) is 0 Å². The monoisotopic (exact) mass is 344 g/mol. The maximum atomic E-state index is 12.0. The molecule has 23 heavy (non-hydrogen) atoms. The van der Waals surface area contributed by atoms with Crippen LogP contribution >= 0.6 is 12.4 Å². The molecule has 0 spiro atoms. The lowest BCUT2D eigenvalue weighted by molar-refractivity contribution is -0.129. The number of amides is 1. The van der Waals surface area contributed by atoms with Gasteiger partial charge in [0.2, 0.25) is 12.7 Å². The third-order valence-electron chi connectivity index (χ3n) is 3.61. The van der Waals surface area contributed by atoms with Gasteiger partial charge in [0.05, 0.1) is 19.3 Å². The Kier molecular flexibility index (Phi) is 6.32. The molecular weight excluding hydrogens is 324 g/mol. The summed E-state index contributed by atoms with van der Waals surface area (Å²) in [6, 6.07) is 5.09. The van der Waals surface area contributed by atoms with Crippen LogP contribution in [-0.4, -0.2) is 51.1 Å². The fraction of sp³-hybridized carbons (Fsp3) is 0.533. The number of morpholine rings is 1. The first-order chi connectivity index (χ1) is 10.7. The second kappa shape index (κ2) is 8.24. The maximum Gasteiger partial charge on any atom is 0.239 e. The molecule has 3 rings (SSSR count). The molecule has 2 heterocycles. The molecule has 2 aliphatic rings. The van der Waals surface area contributed by atoms with Crippen LogP contribution in [0.2, 0.25) is 0 Å². The summed E-state index contributed by atoms with van der Waals surface area (Å²) in [7, 11) is 0. The van der Waals surface area contributed by atoms with Crippen LogP contribution in [0.25, 0.3) is 0 Å². The number of benzene rings is 1. The average molecular weight is 345 g/mol. The van der Waals surface area contributed by atoms with Crippen molar-refractivity contribution < 1.29 is 23.7 Å². The molecule has 0 radical (unpaired) electrons. The Morgan fingerprint density at radius 1 is 1.39 bits per heavy atom. The van der Waals surface area contributed by atoms with E-state index in [9.17, 15) is 4.79 Å². The number of halogens is 1. The van der Waals surface area contributed by atoms with Gasteiger partial charge in [-0.05, 0) is 19.1 Å². The number of carbonyl (C=O) groups excluding carboxylic acids is 1. The molecule has 2 atom stereocenters. The second-order valence-corrected chi connectivity index (χ2v) is 5.16. The molecule has 2 aliphatic heterocycles. The summed E-state index contributed by atoms with van der Waals surface area (Å²) >= 11 is 0. The first kappa shape index (κ1) is 17.7. The van der Waals surface area contributed by atoms with Crippen molar-refractivity contribution >= 4 is 18.3 Å². The number of fused-ring (bicyclic) bond motifs is 1. The lowest BCUT2D eigenvalue weighted by atomic mass is 10.1. The minimum Gasteiger partial charge on any atom is -0.492 e. The van der Waals surface area contributed by atoms with Crippen molar-refractivity contribution in [2.75, 3.05) is 33.1 Å². The van der Waals surface area contributed by atoms with Crippen molar-refractivity contribution in [2.45, 2.75) is 19.1 Å². The molecule has 0 aliphatic carbocycles. The van der Waals surface area contributed by atoms with E-state index >= 15 is 0 Å². The lowest BCUT2D eigenvalue weighted by Crippen LogP contribution is -2.55. The molecule has 7 nitrogen and oxygen atoms in total. The summed E-state index contributed by atoms with van der Waals surface area (Å²) in [4.78, 5) is 12.0. The summed E-state index contributed by atoms with van der Waals surface area (Å²) in [5, 5.41) is 5.99. The van der Waals surface area contributed by atoms with Gasteiger partial charge in [-0.1, -0.05) is 0 Å². The summed E-state index contributed by atoms with van der Waals surface area (Å²) in [5.74, 6) is 2.02. The molecule has 0 aromatic heterocycles. The maximum absolute atomic E-state index is 12.0. The minimum absolute atomic E-state index is 0. The van der Waals surface area contributed by atoms with Crippen LogP contribution in [0.15, 0.2) is 18.2 Å². The van der Waals surface area contributed by atoms with Gasteiger partial charge < -0.3 is 29.6 Å². The number of carbonyl (C=O) groups is 1. The predicted octanol–water partition coefficient (Wildman–Crippen LogP) is 0.709. The molecule has 0 bridgehead atoms. The van der Waals surface area contributed by atoms with Crippen molar-refractivity contribution in [2.24, 2.45) is 0 Å². The lowest BCUT2D eigenvalue weighted by Gasteiger charge is -2.29. The van der Waals surface area contributed by atoms with Gasteiger partial charge in [-0.3, -0.25) is 4.79 Å². The van der Waals surface area contributed by atoms with Gasteiger partial charge in [-0.25, -0.2) is 0 Å². The quantitative estimate of drug-likeness (QED) is 0.766. The van der Waals surface area contributed by atoms with E-state index in [0.717, 1.165) is 5.75 Å². The van der Waals surface area contributed by atoms with Crippen LogP contribution in [0.3, 0.4) is 0 Å². The van der Waals surface area contributed by atoms with Crippen molar-refractivity contribution in [3.63, 3.8) is 0 Å². The third kappa shape index (κ3) is 4.40. The van der Waals surface area contributed by atoms with E-state index in [2.05, 4.69) is 10.6 Å². The zero-order valence-electron chi connectivity index (χ0n) is 12.9. The molecule has 1 fully saturated rings. The molecule has 0 saturated carbocycles. The Hall–Kier alpha value is -1.70. The average Bonchev–Trinajstić information content (AvgIpc) is 2.99. The van der Waals surface area contributed by atoms with Gasteiger partial charge in [-0.15, -0.1) is 12.4 Å². The van der Waals surface area contributed by atoms with E-state index in [1.165, 1.54) is 0 Å². The van der Waals surface area contributed by atoms with Gasteiger partial charge in [0.1, 0.15) is 18.4 Å². The van der Waals surface area contributed by atoms with E-state index in [1.54, 1.807) is 12.1 Å². The largest absolute Gasteiger partial charge is 0.492 e. The van der Waals surface area contributed by atoms with Gasteiger partial charge in [-0.2, -0.15) is 0 Å². The van der Waals surface area contributed by atoms with Gasteiger partial charge in [0.25, 0.3) is 0 Å². The fourth-order valence-corrected chi connectivity index (χ4v) is 2.45. The standard InChI is InChI=1S/C15H20N2O5.ClH/c1-10-14(16-4-6-19-10)15(18)17-5-7-20-11-2-3-12-13(8-11)22-9-21-12;/h2-3,8,10,14,16H,4-7,9H2,1H3,(H,17,18);1H/t10-,14+;/m1./s1. The van der Waals surface area contributed by atoms with E-state index in [4.69, 9.17) is 18.9 Å². The van der Waals surface area contributed by atoms with E-state index in [0.29, 0.717) is 37.8 Å². The van der Waals surface area contributed by atoms with Crippen LogP contribution in [-0.2, 0) is 9.53 Å². The topological polar surface area (TPSA) is 78.1 Å². The third-order valence-corrected chi connectivity index (χ3v) is 3.61. The zero-order chi connectivity index (χ0) is 15.4. The zero-order valence-corrected chi connectivity index (χ0v) is 13.7. The number of hydrogen-bond donors (Lipinski definition) is 2. The number of hydrogen-bond acceptors (Lipinski definition) is 6. The molecule has 8 heteroatoms. The molecule has 1 aromatic carbocycles. The molecule has 2 N–H and O–H groups in total.